The highest BCUT2D eigenvalue weighted by atomic mass is 32.1. The lowest BCUT2D eigenvalue weighted by Crippen LogP contribution is -2.19. The third-order valence-corrected chi connectivity index (χ3v) is 2.41. The van der Waals surface area contributed by atoms with Crippen molar-refractivity contribution in [2.24, 2.45) is 5.92 Å². The molecule has 0 saturated carbocycles. The number of aromatic nitrogens is 1. The lowest BCUT2D eigenvalue weighted by Gasteiger charge is -2.06. The number of amides is 1. The Morgan fingerprint density at radius 3 is 3.08 bits per heavy atom. The van der Waals surface area contributed by atoms with Crippen molar-refractivity contribution in [3.05, 3.63) is 11.6 Å². The monoisotopic (exact) mass is 184 g/mol. The number of nitrogens with zero attached hydrogens (tertiary/aromatic N) is 1. The summed E-state index contributed by atoms with van der Waals surface area (Å²) in [5.74, 6) is 0.112. The maximum Gasteiger partial charge on any atom is 0.228 e. The van der Waals surface area contributed by atoms with Crippen LogP contribution in [0.3, 0.4) is 0 Å². The highest BCUT2D eigenvalue weighted by Crippen LogP contribution is 2.12. The summed E-state index contributed by atoms with van der Waals surface area (Å²) in [6.45, 7) is 3.90. The summed E-state index contributed by atoms with van der Waals surface area (Å²) >= 11 is 1.44. The second-order valence-electron chi connectivity index (χ2n) is 2.64. The maximum atomic E-state index is 11.3. The van der Waals surface area contributed by atoms with E-state index in [0.717, 1.165) is 6.42 Å². The molecule has 1 aromatic heterocycles. The summed E-state index contributed by atoms with van der Waals surface area (Å²) in [7, 11) is 0. The molecule has 0 spiro atoms. The van der Waals surface area contributed by atoms with E-state index in [-0.39, 0.29) is 11.8 Å². The van der Waals surface area contributed by atoms with Gasteiger partial charge in [0.25, 0.3) is 0 Å². The van der Waals surface area contributed by atoms with Gasteiger partial charge in [0.1, 0.15) is 0 Å². The molecule has 0 bridgehead atoms. The molecule has 1 heterocycles. The maximum absolute atomic E-state index is 11.3. The fraction of sp³-hybridized carbons (Fsp3) is 0.500. The first-order valence-corrected chi connectivity index (χ1v) is 4.82. The van der Waals surface area contributed by atoms with Crippen LogP contribution in [0.5, 0.6) is 0 Å². The van der Waals surface area contributed by atoms with Gasteiger partial charge in [-0.2, -0.15) is 0 Å². The Labute approximate surface area is 75.8 Å². The molecule has 1 N–H and O–H groups in total. The fourth-order valence-corrected chi connectivity index (χ4v) is 1.23. The molecule has 0 aliphatic rings. The Morgan fingerprint density at radius 1 is 1.83 bits per heavy atom. The minimum Gasteiger partial charge on any atom is -0.302 e. The zero-order chi connectivity index (χ0) is 8.97. The van der Waals surface area contributed by atoms with Gasteiger partial charge >= 0.3 is 0 Å². The molecule has 0 aromatic carbocycles. The van der Waals surface area contributed by atoms with Gasteiger partial charge in [0, 0.05) is 17.5 Å². The molecule has 1 amide bonds. The molecule has 4 heteroatoms. The molecule has 1 aromatic rings. The van der Waals surface area contributed by atoms with Gasteiger partial charge in [-0.1, -0.05) is 13.8 Å². The molecule has 0 saturated heterocycles. The molecule has 0 aliphatic heterocycles. The van der Waals surface area contributed by atoms with Crippen molar-refractivity contribution in [1.82, 2.24) is 4.98 Å². The van der Waals surface area contributed by atoms with Gasteiger partial charge in [0.05, 0.1) is 0 Å². The normalized spacial score (nSPS) is 12.5. The number of thiazole rings is 1. The van der Waals surface area contributed by atoms with E-state index in [1.54, 1.807) is 6.20 Å². The number of carbonyl (C=O) groups is 1. The first-order valence-electron chi connectivity index (χ1n) is 3.94. The quantitative estimate of drug-likeness (QED) is 0.781. The zero-order valence-electron chi connectivity index (χ0n) is 7.20. The van der Waals surface area contributed by atoms with Crippen molar-refractivity contribution >= 4 is 22.4 Å². The van der Waals surface area contributed by atoms with E-state index in [0.29, 0.717) is 5.13 Å². The van der Waals surface area contributed by atoms with Crippen LogP contribution in [0.15, 0.2) is 11.6 Å². The average molecular weight is 184 g/mol. The minimum absolute atomic E-state index is 0.0486. The van der Waals surface area contributed by atoms with E-state index in [2.05, 4.69) is 10.3 Å². The minimum atomic E-state index is 0.0486. The van der Waals surface area contributed by atoms with Crippen LogP contribution < -0.4 is 5.32 Å². The van der Waals surface area contributed by atoms with Crippen LogP contribution in [0.2, 0.25) is 0 Å². The summed E-state index contributed by atoms with van der Waals surface area (Å²) in [6, 6.07) is 0. The highest BCUT2D eigenvalue weighted by molar-refractivity contribution is 7.13. The van der Waals surface area contributed by atoms with Crippen molar-refractivity contribution < 1.29 is 4.79 Å². The average Bonchev–Trinajstić information content (AvgIpc) is 2.55. The lowest BCUT2D eigenvalue weighted by molar-refractivity contribution is -0.119. The SMILES string of the molecule is CCC(C)C(=O)Nc1nccs1. The number of hydrogen-bond acceptors (Lipinski definition) is 3. The zero-order valence-corrected chi connectivity index (χ0v) is 8.02. The highest BCUT2D eigenvalue weighted by Gasteiger charge is 2.10. The van der Waals surface area contributed by atoms with Crippen LogP contribution in [-0.4, -0.2) is 10.9 Å². The van der Waals surface area contributed by atoms with Gasteiger partial charge < -0.3 is 5.32 Å². The Balaban J connectivity index is 2.47. The second-order valence-corrected chi connectivity index (χ2v) is 3.53. The van der Waals surface area contributed by atoms with E-state index in [4.69, 9.17) is 0 Å². The molecular weight excluding hydrogens is 172 g/mol. The number of carbonyl (C=O) groups excluding carboxylic acids is 1. The Hall–Kier alpha value is -0.900. The predicted molar refractivity (Wildman–Crippen MR) is 50.2 cm³/mol. The Morgan fingerprint density at radius 2 is 2.58 bits per heavy atom. The van der Waals surface area contributed by atoms with E-state index in [1.807, 2.05) is 19.2 Å². The summed E-state index contributed by atoms with van der Waals surface area (Å²) in [4.78, 5) is 15.3. The smallest absolute Gasteiger partial charge is 0.228 e. The molecule has 0 radical (unpaired) electrons. The molecule has 1 atom stereocenters. The third kappa shape index (κ3) is 2.30. The van der Waals surface area contributed by atoms with Crippen LogP contribution in [0.25, 0.3) is 0 Å². The van der Waals surface area contributed by atoms with Gasteiger partial charge in [0.15, 0.2) is 5.13 Å². The molecule has 3 nitrogen and oxygen atoms in total. The summed E-state index contributed by atoms with van der Waals surface area (Å²) in [5.41, 5.74) is 0. The molecule has 0 aliphatic carbocycles. The van der Waals surface area contributed by atoms with Gasteiger partial charge in [-0.3, -0.25) is 4.79 Å². The first-order chi connectivity index (χ1) is 5.74. The van der Waals surface area contributed by atoms with Gasteiger partial charge in [-0.25, -0.2) is 4.98 Å². The second kappa shape index (κ2) is 4.21. The lowest BCUT2D eigenvalue weighted by atomic mass is 10.1. The Bertz CT molecular complexity index is 246. The number of rotatable bonds is 3. The van der Waals surface area contributed by atoms with E-state index >= 15 is 0 Å². The van der Waals surface area contributed by atoms with Crippen molar-refractivity contribution in [3.8, 4) is 0 Å². The van der Waals surface area contributed by atoms with Crippen molar-refractivity contribution in [2.45, 2.75) is 20.3 Å². The van der Waals surface area contributed by atoms with Crippen LogP contribution >= 0.6 is 11.3 Å². The van der Waals surface area contributed by atoms with Crippen LogP contribution in [0, 0.1) is 5.92 Å². The van der Waals surface area contributed by atoms with Gasteiger partial charge in [-0.05, 0) is 6.42 Å². The molecule has 1 unspecified atom stereocenters. The van der Waals surface area contributed by atoms with Crippen LogP contribution in [0.1, 0.15) is 20.3 Å². The van der Waals surface area contributed by atoms with E-state index < -0.39 is 0 Å². The van der Waals surface area contributed by atoms with E-state index in [1.165, 1.54) is 11.3 Å². The van der Waals surface area contributed by atoms with E-state index in [9.17, 15) is 4.79 Å². The Kier molecular flexibility index (Phi) is 3.22. The van der Waals surface area contributed by atoms with Crippen molar-refractivity contribution in [3.63, 3.8) is 0 Å². The van der Waals surface area contributed by atoms with Crippen LogP contribution in [0.4, 0.5) is 5.13 Å². The fourth-order valence-electron chi connectivity index (χ4n) is 0.699. The molecule has 12 heavy (non-hydrogen) atoms. The van der Waals surface area contributed by atoms with Gasteiger partial charge in [0.2, 0.25) is 5.91 Å². The van der Waals surface area contributed by atoms with Crippen LogP contribution in [-0.2, 0) is 4.79 Å². The molecule has 0 fully saturated rings. The van der Waals surface area contributed by atoms with Gasteiger partial charge in [-0.15, -0.1) is 11.3 Å². The third-order valence-electron chi connectivity index (χ3n) is 1.72. The standard InChI is InChI=1S/C8H12N2OS/c1-3-6(2)7(11)10-8-9-4-5-12-8/h4-6H,3H2,1-2H3,(H,9,10,11). The van der Waals surface area contributed by atoms with Crippen molar-refractivity contribution in [1.29, 1.82) is 0 Å². The number of anilines is 1. The number of hydrogen-bond donors (Lipinski definition) is 1. The topological polar surface area (TPSA) is 42.0 Å². The summed E-state index contributed by atoms with van der Waals surface area (Å²) in [6.07, 6.45) is 2.54. The number of nitrogens with one attached hydrogen (secondary N) is 1. The largest absolute Gasteiger partial charge is 0.302 e. The summed E-state index contributed by atoms with van der Waals surface area (Å²) < 4.78 is 0. The molecular formula is C8H12N2OS. The molecule has 1 rings (SSSR count). The predicted octanol–water partition coefficient (Wildman–Crippen LogP) is 2.13. The summed E-state index contributed by atoms with van der Waals surface area (Å²) in [5, 5.41) is 5.26. The van der Waals surface area contributed by atoms with Crippen molar-refractivity contribution in [2.75, 3.05) is 5.32 Å². The molecule has 66 valence electrons. The first kappa shape index (κ1) is 9.19.